The van der Waals surface area contributed by atoms with E-state index in [1.165, 1.54) is 6.07 Å². The largest absolute Gasteiger partial charge is 0.398 e. The highest BCUT2D eigenvalue weighted by atomic mass is 32.3. The number of aromatic nitrogens is 1. The van der Waals surface area contributed by atoms with E-state index in [2.05, 4.69) is 4.98 Å². The zero-order valence-electron chi connectivity index (χ0n) is 6.99. The maximum Gasteiger partial charge on any atom is 0.334 e. The summed E-state index contributed by atoms with van der Waals surface area (Å²) >= 11 is 0. The molecule has 1 heterocycles. The van der Waals surface area contributed by atoms with Gasteiger partial charge in [0, 0.05) is 22.8 Å². The summed E-state index contributed by atoms with van der Waals surface area (Å²) in [6, 6.07) is 4.80. The highest BCUT2D eigenvalue weighted by molar-refractivity contribution is 7.86. The van der Waals surface area contributed by atoms with Crippen molar-refractivity contribution in [3.05, 3.63) is 24.4 Å². The molecule has 6 heteroatoms. The van der Waals surface area contributed by atoms with Crippen molar-refractivity contribution < 1.29 is 12.3 Å². The Morgan fingerprint density at radius 2 is 2.07 bits per heavy atom. The molecule has 74 valence electrons. The molecule has 0 saturated carbocycles. The first-order valence-corrected chi connectivity index (χ1v) is 5.19. The maximum absolute atomic E-state index is 12.8. The van der Waals surface area contributed by atoms with Gasteiger partial charge in [0.15, 0.2) is 0 Å². The fraction of sp³-hybridized carbons (Fsp3) is 0. The Morgan fingerprint density at radius 1 is 1.36 bits per heavy atom. The number of aromatic amines is 1. The topological polar surface area (TPSA) is 76.0 Å². The first-order chi connectivity index (χ1) is 6.50. The highest BCUT2D eigenvalue weighted by Crippen LogP contribution is 2.28. The second-order valence-corrected chi connectivity index (χ2v) is 4.18. The van der Waals surface area contributed by atoms with Gasteiger partial charge in [0.25, 0.3) is 0 Å². The summed E-state index contributed by atoms with van der Waals surface area (Å²) in [6.07, 6.45) is 1.09. The minimum atomic E-state index is -4.72. The summed E-state index contributed by atoms with van der Waals surface area (Å²) in [5, 5.41) is 0.204. The maximum atomic E-state index is 12.8. The average Bonchev–Trinajstić information content (AvgIpc) is 2.47. The monoisotopic (exact) mass is 214 g/mol. The second-order valence-electron chi connectivity index (χ2n) is 2.86. The van der Waals surface area contributed by atoms with Crippen LogP contribution in [-0.4, -0.2) is 13.4 Å². The summed E-state index contributed by atoms with van der Waals surface area (Å²) in [5.41, 5.74) is 6.28. The van der Waals surface area contributed by atoms with Gasteiger partial charge in [-0.25, -0.2) is 0 Å². The summed E-state index contributed by atoms with van der Waals surface area (Å²) in [6.45, 7) is 0. The molecule has 0 atom stereocenters. The number of anilines is 1. The molecule has 0 aliphatic rings. The molecule has 14 heavy (non-hydrogen) atoms. The van der Waals surface area contributed by atoms with Crippen molar-refractivity contribution in [3.63, 3.8) is 0 Å². The molecule has 2 rings (SSSR count). The minimum Gasteiger partial charge on any atom is -0.398 e. The zero-order chi connectivity index (χ0) is 10.3. The van der Waals surface area contributed by atoms with Crippen molar-refractivity contribution in [1.82, 2.24) is 4.98 Å². The van der Waals surface area contributed by atoms with E-state index >= 15 is 0 Å². The molecule has 1 aromatic carbocycles. The van der Waals surface area contributed by atoms with Crippen molar-refractivity contribution in [2.24, 2.45) is 0 Å². The zero-order valence-corrected chi connectivity index (χ0v) is 7.81. The molecule has 0 bridgehead atoms. The van der Waals surface area contributed by atoms with E-state index in [1.54, 1.807) is 12.1 Å². The Labute approximate surface area is 79.7 Å². The van der Waals surface area contributed by atoms with Gasteiger partial charge in [0.05, 0.1) is 0 Å². The number of rotatable bonds is 1. The molecule has 0 aliphatic heterocycles. The van der Waals surface area contributed by atoms with Crippen molar-refractivity contribution in [3.8, 4) is 0 Å². The average molecular weight is 214 g/mol. The summed E-state index contributed by atoms with van der Waals surface area (Å²) in [7, 11) is -4.72. The van der Waals surface area contributed by atoms with Gasteiger partial charge >= 0.3 is 10.2 Å². The molecular weight excluding hydrogens is 207 g/mol. The van der Waals surface area contributed by atoms with E-state index < -0.39 is 15.1 Å². The Hall–Kier alpha value is -1.56. The molecule has 2 aromatic rings. The summed E-state index contributed by atoms with van der Waals surface area (Å²) in [4.78, 5) is 2.22. The summed E-state index contributed by atoms with van der Waals surface area (Å²) < 4.78 is 34.2. The second kappa shape index (κ2) is 2.71. The number of benzene rings is 1. The fourth-order valence-corrected chi connectivity index (χ4v) is 2.04. The van der Waals surface area contributed by atoms with Crippen LogP contribution in [0.5, 0.6) is 0 Å². The van der Waals surface area contributed by atoms with E-state index in [9.17, 15) is 12.3 Å². The van der Waals surface area contributed by atoms with Crippen LogP contribution in [0.25, 0.3) is 10.9 Å². The van der Waals surface area contributed by atoms with Gasteiger partial charge in [-0.3, -0.25) is 0 Å². The van der Waals surface area contributed by atoms with Gasteiger partial charge in [0.2, 0.25) is 0 Å². The van der Waals surface area contributed by atoms with Gasteiger partial charge in [-0.2, -0.15) is 8.42 Å². The Kier molecular flexibility index (Phi) is 1.75. The number of nitrogen functional groups attached to an aromatic ring is 1. The van der Waals surface area contributed by atoms with E-state index in [0.717, 1.165) is 6.20 Å². The predicted molar refractivity (Wildman–Crippen MR) is 51.0 cm³/mol. The molecule has 3 N–H and O–H groups in total. The summed E-state index contributed by atoms with van der Waals surface area (Å²) in [5.74, 6) is 0. The van der Waals surface area contributed by atoms with Crippen LogP contribution in [0, 0.1) is 0 Å². The van der Waals surface area contributed by atoms with Gasteiger partial charge in [0.1, 0.15) is 4.90 Å². The molecular formula is C8H7FN2O2S. The van der Waals surface area contributed by atoms with Gasteiger partial charge in [-0.15, -0.1) is 3.89 Å². The van der Waals surface area contributed by atoms with Crippen molar-refractivity contribution in [2.75, 3.05) is 5.73 Å². The molecule has 0 spiro atoms. The smallest absolute Gasteiger partial charge is 0.334 e. The molecule has 0 radical (unpaired) electrons. The standard InChI is InChI=1S/C8H7FN2O2S/c9-14(12,13)7-4-11-6-3-1-2-5(10)8(6)7/h1-4,11H,10H2. The van der Waals surface area contributed by atoms with Gasteiger partial charge in [-0.05, 0) is 12.1 Å². The van der Waals surface area contributed by atoms with Gasteiger partial charge < -0.3 is 10.7 Å². The van der Waals surface area contributed by atoms with Crippen LogP contribution in [-0.2, 0) is 10.2 Å². The fourth-order valence-electron chi connectivity index (χ4n) is 1.37. The lowest BCUT2D eigenvalue weighted by Crippen LogP contribution is -1.92. The van der Waals surface area contributed by atoms with Crippen LogP contribution in [0.3, 0.4) is 0 Å². The predicted octanol–water partition coefficient (Wildman–Crippen LogP) is 1.41. The van der Waals surface area contributed by atoms with E-state index in [1.807, 2.05) is 0 Å². The van der Waals surface area contributed by atoms with Crippen molar-refractivity contribution in [2.45, 2.75) is 4.90 Å². The van der Waals surface area contributed by atoms with Crippen LogP contribution >= 0.6 is 0 Å². The van der Waals surface area contributed by atoms with Crippen LogP contribution < -0.4 is 5.73 Å². The van der Waals surface area contributed by atoms with Crippen molar-refractivity contribution >= 4 is 26.8 Å². The normalized spacial score (nSPS) is 12.1. The quantitative estimate of drug-likeness (QED) is 0.556. The van der Waals surface area contributed by atoms with Crippen LogP contribution in [0.15, 0.2) is 29.3 Å². The van der Waals surface area contributed by atoms with Crippen molar-refractivity contribution in [1.29, 1.82) is 0 Å². The Morgan fingerprint density at radius 3 is 2.71 bits per heavy atom. The number of hydrogen-bond acceptors (Lipinski definition) is 3. The van der Waals surface area contributed by atoms with E-state index in [0.29, 0.717) is 5.52 Å². The third kappa shape index (κ3) is 1.24. The number of nitrogens with one attached hydrogen (secondary N) is 1. The van der Waals surface area contributed by atoms with Gasteiger partial charge in [-0.1, -0.05) is 6.07 Å². The van der Waals surface area contributed by atoms with E-state index in [4.69, 9.17) is 5.73 Å². The molecule has 0 fully saturated rings. The third-order valence-electron chi connectivity index (χ3n) is 1.96. The lowest BCUT2D eigenvalue weighted by atomic mass is 10.2. The molecule has 0 saturated heterocycles. The number of hydrogen-bond donors (Lipinski definition) is 2. The molecule has 1 aromatic heterocycles. The first kappa shape index (κ1) is 9.01. The SMILES string of the molecule is Nc1cccc2[nH]cc(S(=O)(=O)F)c12. The van der Waals surface area contributed by atoms with E-state index in [-0.39, 0.29) is 11.1 Å². The first-order valence-electron chi connectivity index (χ1n) is 3.80. The number of fused-ring (bicyclic) bond motifs is 1. The lowest BCUT2D eigenvalue weighted by Gasteiger charge is -1.96. The molecule has 0 aliphatic carbocycles. The minimum absolute atomic E-state index is 0.204. The Balaban J connectivity index is 2.94. The number of H-pyrrole nitrogens is 1. The molecule has 0 unspecified atom stereocenters. The van der Waals surface area contributed by atoms with Crippen LogP contribution in [0.4, 0.5) is 9.57 Å². The molecule has 0 amide bonds. The van der Waals surface area contributed by atoms with Crippen LogP contribution in [0.2, 0.25) is 0 Å². The van der Waals surface area contributed by atoms with Crippen LogP contribution in [0.1, 0.15) is 0 Å². The molecule has 4 nitrogen and oxygen atoms in total. The Bertz CT molecular complexity index is 588. The third-order valence-corrected chi connectivity index (χ3v) is 2.81. The number of nitrogens with two attached hydrogens (primary N) is 1. The highest BCUT2D eigenvalue weighted by Gasteiger charge is 2.18. The lowest BCUT2D eigenvalue weighted by molar-refractivity contribution is 0.553. The number of halogens is 1.